The van der Waals surface area contributed by atoms with Crippen LogP contribution in [0, 0.1) is 20.8 Å². The maximum Gasteiger partial charge on any atom is 0.340 e. The highest BCUT2D eigenvalue weighted by molar-refractivity contribution is 9.10. The maximum atomic E-state index is 12.6. The summed E-state index contributed by atoms with van der Waals surface area (Å²) in [6.07, 6.45) is -0.214. The number of aryl methyl sites for hydroxylation is 2. The van der Waals surface area contributed by atoms with Gasteiger partial charge in [-0.1, -0.05) is 15.9 Å². The second-order valence-electron chi connectivity index (χ2n) is 5.99. The fourth-order valence-electron chi connectivity index (χ4n) is 2.51. The van der Waals surface area contributed by atoms with Crippen molar-refractivity contribution in [1.82, 2.24) is 4.98 Å². The number of nitrogens with one attached hydrogen (secondary N) is 2. The molecule has 0 unspecified atom stereocenters. The van der Waals surface area contributed by atoms with Crippen LogP contribution in [0.3, 0.4) is 0 Å². The summed E-state index contributed by atoms with van der Waals surface area (Å²) in [4.78, 5) is 27.8. The molecule has 0 fully saturated rings. The number of ether oxygens (including phenoxy) is 1. The average molecular weight is 393 g/mol. The molecule has 0 aliphatic heterocycles. The normalized spacial score (nSPS) is 10.8. The lowest BCUT2D eigenvalue weighted by Gasteiger charge is -2.09. The van der Waals surface area contributed by atoms with Crippen LogP contribution in [0.25, 0.3) is 0 Å². The van der Waals surface area contributed by atoms with Crippen LogP contribution in [-0.2, 0) is 4.74 Å². The largest absolute Gasteiger partial charge is 0.459 e. The zero-order chi connectivity index (χ0) is 18.0. The van der Waals surface area contributed by atoms with Crippen LogP contribution in [0.1, 0.15) is 51.5 Å². The van der Waals surface area contributed by atoms with Crippen molar-refractivity contribution in [3.05, 3.63) is 50.8 Å². The molecule has 24 heavy (non-hydrogen) atoms. The van der Waals surface area contributed by atoms with Gasteiger partial charge in [0.2, 0.25) is 0 Å². The van der Waals surface area contributed by atoms with Crippen molar-refractivity contribution in [2.24, 2.45) is 0 Å². The van der Waals surface area contributed by atoms with Crippen molar-refractivity contribution in [2.75, 3.05) is 5.32 Å². The van der Waals surface area contributed by atoms with Gasteiger partial charge in [-0.15, -0.1) is 0 Å². The Morgan fingerprint density at radius 1 is 1.21 bits per heavy atom. The number of benzene rings is 1. The molecule has 0 radical (unpaired) electrons. The topological polar surface area (TPSA) is 71.2 Å². The quantitative estimate of drug-likeness (QED) is 0.751. The first-order valence-corrected chi connectivity index (χ1v) is 8.47. The molecule has 2 rings (SSSR count). The highest BCUT2D eigenvalue weighted by atomic mass is 79.9. The number of hydrogen-bond donors (Lipinski definition) is 2. The summed E-state index contributed by atoms with van der Waals surface area (Å²) < 4.78 is 6.19. The van der Waals surface area contributed by atoms with Crippen LogP contribution < -0.4 is 5.32 Å². The summed E-state index contributed by atoms with van der Waals surface area (Å²) in [6.45, 7) is 8.99. The Labute approximate surface area is 149 Å². The Kier molecular flexibility index (Phi) is 5.49. The van der Waals surface area contributed by atoms with Gasteiger partial charge >= 0.3 is 5.97 Å². The van der Waals surface area contributed by atoms with Gasteiger partial charge in [0, 0.05) is 15.9 Å². The zero-order valence-electron chi connectivity index (χ0n) is 14.4. The average Bonchev–Trinajstić information content (AvgIpc) is 2.76. The molecular weight excluding hydrogens is 372 g/mol. The number of hydrogen-bond acceptors (Lipinski definition) is 3. The number of H-pyrrole nitrogens is 1. The molecule has 0 bridgehead atoms. The highest BCUT2D eigenvalue weighted by Crippen LogP contribution is 2.23. The maximum absolute atomic E-state index is 12.6. The molecule has 2 aromatic rings. The van der Waals surface area contributed by atoms with Crippen molar-refractivity contribution >= 4 is 33.5 Å². The second-order valence-corrected chi connectivity index (χ2v) is 6.91. The van der Waals surface area contributed by atoms with E-state index in [0.29, 0.717) is 22.5 Å². The van der Waals surface area contributed by atoms with Gasteiger partial charge in [-0.2, -0.15) is 0 Å². The lowest BCUT2D eigenvalue weighted by molar-refractivity contribution is 0.0376. The SMILES string of the molecule is Cc1cc(Br)ccc1NC(=O)c1[nH]c(C)c(C(=O)OC(C)C)c1C. The Balaban J connectivity index is 2.29. The van der Waals surface area contributed by atoms with Gasteiger partial charge in [0.1, 0.15) is 5.69 Å². The van der Waals surface area contributed by atoms with Gasteiger partial charge in [0.05, 0.1) is 11.7 Å². The van der Waals surface area contributed by atoms with Gasteiger partial charge in [0.25, 0.3) is 5.91 Å². The Morgan fingerprint density at radius 2 is 1.88 bits per heavy atom. The van der Waals surface area contributed by atoms with E-state index >= 15 is 0 Å². The van der Waals surface area contributed by atoms with E-state index in [9.17, 15) is 9.59 Å². The minimum absolute atomic E-state index is 0.214. The molecule has 1 amide bonds. The number of esters is 1. The minimum atomic E-state index is -0.421. The molecule has 1 aromatic heterocycles. The Bertz CT molecular complexity index is 794. The molecule has 6 heteroatoms. The summed E-state index contributed by atoms with van der Waals surface area (Å²) >= 11 is 3.40. The summed E-state index contributed by atoms with van der Waals surface area (Å²) in [5, 5.41) is 2.87. The Morgan fingerprint density at radius 3 is 2.46 bits per heavy atom. The van der Waals surface area contributed by atoms with E-state index in [1.807, 2.05) is 25.1 Å². The van der Waals surface area contributed by atoms with E-state index in [1.54, 1.807) is 27.7 Å². The van der Waals surface area contributed by atoms with Crippen molar-refractivity contribution < 1.29 is 14.3 Å². The van der Waals surface area contributed by atoms with Gasteiger partial charge in [-0.3, -0.25) is 4.79 Å². The first kappa shape index (κ1) is 18.3. The number of carbonyl (C=O) groups excluding carboxylic acids is 2. The summed E-state index contributed by atoms with van der Waals surface area (Å²) in [5.41, 5.74) is 3.66. The molecule has 0 aliphatic rings. The third-order valence-corrected chi connectivity index (χ3v) is 4.14. The predicted molar refractivity (Wildman–Crippen MR) is 97.7 cm³/mol. The van der Waals surface area contributed by atoms with Crippen molar-refractivity contribution in [3.63, 3.8) is 0 Å². The first-order chi connectivity index (χ1) is 11.2. The lowest BCUT2D eigenvalue weighted by Crippen LogP contribution is -2.15. The molecule has 0 spiro atoms. The first-order valence-electron chi connectivity index (χ1n) is 7.68. The van der Waals surface area contributed by atoms with Crippen LogP contribution in [0.15, 0.2) is 22.7 Å². The summed E-state index contributed by atoms with van der Waals surface area (Å²) in [6, 6.07) is 5.62. The number of rotatable bonds is 4. The molecule has 128 valence electrons. The number of aromatic amines is 1. The van der Waals surface area contributed by atoms with E-state index in [0.717, 1.165) is 15.7 Å². The third kappa shape index (κ3) is 3.87. The second kappa shape index (κ2) is 7.21. The molecule has 0 atom stereocenters. The van der Waals surface area contributed by atoms with E-state index in [-0.39, 0.29) is 12.0 Å². The number of anilines is 1. The third-order valence-electron chi connectivity index (χ3n) is 3.65. The fourth-order valence-corrected chi connectivity index (χ4v) is 2.98. The molecule has 5 nitrogen and oxygen atoms in total. The molecule has 0 aliphatic carbocycles. The number of carbonyl (C=O) groups is 2. The van der Waals surface area contributed by atoms with Crippen LogP contribution in [0.2, 0.25) is 0 Å². The van der Waals surface area contributed by atoms with Crippen LogP contribution in [0.4, 0.5) is 5.69 Å². The van der Waals surface area contributed by atoms with Crippen molar-refractivity contribution in [3.8, 4) is 0 Å². The van der Waals surface area contributed by atoms with Crippen LogP contribution >= 0.6 is 15.9 Å². The van der Waals surface area contributed by atoms with Crippen molar-refractivity contribution in [2.45, 2.75) is 40.7 Å². The molecule has 1 heterocycles. The number of halogens is 1. The van der Waals surface area contributed by atoms with Gasteiger partial charge < -0.3 is 15.0 Å². The monoisotopic (exact) mass is 392 g/mol. The molecule has 0 saturated heterocycles. The molecule has 0 saturated carbocycles. The highest BCUT2D eigenvalue weighted by Gasteiger charge is 2.23. The van der Waals surface area contributed by atoms with E-state index in [4.69, 9.17) is 4.74 Å². The van der Waals surface area contributed by atoms with E-state index in [2.05, 4.69) is 26.2 Å². The Hall–Kier alpha value is -2.08. The zero-order valence-corrected chi connectivity index (χ0v) is 16.0. The predicted octanol–water partition coefficient (Wildman–Crippen LogP) is 4.52. The number of amides is 1. The van der Waals surface area contributed by atoms with Crippen LogP contribution in [0.5, 0.6) is 0 Å². The van der Waals surface area contributed by atoms with Gasteiger partial charge in [-0.25, -0.2) is 4.79 Å². The number of aromatic nitrogens is 1. The molecule has 2 N–H and O–H groups in total. The molecule has 1 aromatic carbocycles. The summed E-state index contributed by atoms with van der Waals surface area (Å²) in [5.74, 6) is -0.709. The van der Waals surface area contributed by atoms with E-state index in [1.165, 1.54) is 0 Å². The smallest absolute Gasteiger partial charge is 0.340 e. The van der Waals surface area contributed by atoms with Crippen molar-refractivity contribution in [1.29, 1.82) is 0 Å². The van der Waals surface area contributed by atoms with Gasteiger partial charge in [0.15, 0.2) is 0 Å². The molecular formula is C18H21BrN2O3. The minimum Gasteiger partial charge on any atom is -0.459 e. The lowest BCUT2D eigenvalue weighted by atomic mass is 10.1. The summed E-state index contributed by atoms with van der Waals surface area (Å²) in [7, 11) is 0. The van der Waals surface area contributed by atoms with Crippen LogP contribution in [-0.4, -0.2) is 23.0 Å². The van der Waals surface area contributed by atoms with Gasteiger partial charge in [-0.05, 0) is 63.9 Å². The standard InChI is InChI=1S/C18H21BrN2O3/c1-9(2)24-18(23)15-11(4)16(20-12(15)5)17(22)21-14-7-6-13(19)8-10(14)3/h6-9,20H,1-5H3,(H,21,22). The van der Waals surface area contributed by atoms with E-state index < -0.39 is 5.97 Å². The fraction of sp³-hybridized carbons (Fsp3) is 0.333.